The predicted molar refractivity (Wildman–Crippen MR) is 114 cm³/mol. The van der Waals surface area contributed by atoms with Gasteiger partial charge in [0.2, 0.25) is 0 Å². The highest BCUT2D eigenvalue weighted by Crippen LogP contribution is 2.37. The second-order valence-electron chi connectivity index (χ2n) is 7.21. The third-order valence-corrected chi connectivity index (χ3v) is 5.50. The number of methoxy groups -OCH3 is 2. The number of nitrogens with zero attached hydrogens (tertiary/aromatic N) is 1. The number of hydrogen-bond acceptors (Lipinski definition) is 5. The number of halogens is 1. The second-order valence-corrected chi connectivity index (χ2v) is 7.64. The van der Waals surface area contributed by atoms with Crippen molar-refractivity contribution in [2.45, 2.75) is 24.8 Å². The number of fused-ring (bicyclic) bond motifs is 1. The number of pyridine rings is 1. The van der Waals surface area contributed by atoms with Crippen LogP contribution in [0.5, 0.6) is 11.5 Å². The molecule has 28 heavy (non-hydrogen) atoms. The van der Waals surface area contributed by atoms with Gasteiger partial charge in [0.05, 0.1) is 19.7 Å². The number of hydrogen-bond donors (Lipinski definition) is 2. The van der Waals surface area contributed by atoms with Gasteiger partial charge in [0.1, 0.15) is 11.5 Å². The highest BCUT2D eigenvalue weighted by molar-refractivity contribution is 6.31. The number of rotatable bonds is 7. The van der Waals surface area contributed by atoms with Crippen molar-refractivity contribution in [3.63, 3.8) is 0 Å². The molecule has 6 heteroatoms. The Morgan fingerprint density at radius 2 is 1.89 bits per heavy atom. The summed E-state index contributed by atoms with van der Waals surface area (Å²) < 4.78 is 10.9. The molecule has 2 atom stereocenters. The van der Waals surface area contributed by atoms with E-state index in [2.05, 4.69) is 4.98 Å². The summed E-state index contributed by atoms with van der Waals surface area (Å²) in [5.74, 6) is 1.46. The molecule has 0 radical (unpaired) electrons. The lowest BCUT2D eigenvalue weighted by atomic mass is 9.76. The van der Waals surface area contributed by atoms with Crippen LogP contribution in [0.4, 0.5) is 0 Å². The van der Waals surface area contributed by atoms with Crippen LogP contribution >= 0.6 is 11.6 Å². The van der Waals surface area contributed by atoms with Crippen LogP contribution in [0.2, 0.25) is 5.02 Å². The average molecular weight is 400 g/mol. The Balaban J connectivity index is 2.12. The Hall–Kier alpha value is -2.34. The molecule has 0 spiro atoms. The molecule has 0 bridgehead atoms. The third kappa shape index (κ3) is 4.07. The van der Waals surface area contributed by atoms with Gasteiger partial charge in [-0.2, -0.15) is 0 Å². The topological polar surface area (TPSA) is 83.4 Å². The molecule has 0 aliphatic carbocycles. The van der Waals surface area contributed by atoms with Gasteiger partial charge in [0.25, 0.3) is 0 Å². The minimum Gasteiger partial charge on any atom is -0.497 e. The fourth-order valence-corrected chi connectivity index (χ4v) is 3.69. The SMILES string of the molecule is COc1ccc(CC(c2ccnc3cc(Cl)ccc23)C(C)(N)CN)c(OC)c1. The molecule has 0 amide bonds. The molecule has 1 heterocycles. The largest absolute Gasteiger partial charge is 0.497 e. The Morgan fingerprint density at radius 1 is 1.11 bits per heavy atom. The van der Waals surface area contributed by atoms with E-state index in [4.69, 9.17) is 32.5 Å². The fraction of sp³-hybridized carbons (Fsp3) is 0.318. The van der Waals surface area contributed by atoms with Gasteiger partial charge in [0.15, 0.2) is 0 Å². The van der Waals surface area contributed by atoms with E-state index < -0.39 is 5.54 Å². The van der Waals surface area contributed by atoms with E-state index in [0.29, 0.717) is 18.0 Å². The van der Waals surface area contributed by atoms with Gasteiger partial charge in [0, 0.05) is 40.7 Å². The molecule has 0 fully saturated rings. The molecule has 3 rings (SSSR count). The van der Waals surface area contributed by atoms with Crippen LogP contribution in [0.25, 0.3) is 10.9 Å². The van der Waals surface area contributed by atoms with E-state index in [9.17, 15) is 0 Å². The molecule has 0 saturated carbocycles. The summed E-state index contributed by atoms with van der Waals surface area (Å²) >= 11 is 6.15. The van der Waals surface area contributed by atoms with E-state index in [-0.39, 0.29) is 5.92 Å². The van der Waals surface area contributed by atoms with Crippen LogP contribution in [-0.2, 0) is 6.42 Å². The normalized spacial score (nSPS) is 14.5. The van der Waals surface area contributed by atoms with Crippen LogP contribution in [0.3, 0.4) is 0 Å². The second kappa shape index (κ2) is 8.35. The number of benzene rings is 2. The molecular weight excluding hydrogens is 374 g/mol. The summed E-state index contributed by atoms with van der Waals surface area (Å²) in [6.07, 6.45) is 2.46. The monoisotopic (exact) mass is 399 g/mol. The summed E-state index contributed by atoms with van der Waals surface area (Å²) in [7, 11) is 3.29. The lowest BCUT2D eigenvalue weighted by Crippen LogP contribution is -2.50. The van der Waals surface area contributed by atoms with Crippen molar-refractivity contribution in [3.05, 3.63) is 64.8 Å². The maximum atomic E-state index is 6.67. The summed E-state index contributed by atoms with van der Waals surface area (Å²) in [5, 5.41) is 1.68. The van der Waals surface area contributed by atoms with E-state index in [1.165, 1.54) is 0 Å². The lowest BCUT2D eigenvalue weighted by molar-refractivity contribution is 0.368. The Labute approximate surface area is 170 Å². The first-order valence-electron chi connectivity index (χ1n) is 9.13. The molecule has 3 aromatic rings. The zero-order chi connectivity index (χ0) is 20.3. The first-order chi connectivity index (χ1) is 13.4. The van der Waals surface area contributed by atoms with Gasteiger partial charge >= 0.3 is 0 Å². The van der Waals surface area contributed by atoms with Crippen LogP contribution in [-0.4, -0.2) is 31.3 Å². The standard InChI is InChI=1S/C22H26ClN3O2/c1-22(25,13-24)19(10-14-4-6-16(27-2)12-21(14)28-3)17-8-9-26-20-11-15(23)5-7-18(17)20/h4-9,11-12,19H,10,13,24-25H2,1-3H3. The molecule has 0 aliphatic rings. The van der Waals surface area contributed by atoms with Crippen LogP contribution in [0.1, 0.15) is 24.0 Å². The fourth-order valence-electron chi connectivity index (χ4n) is 3.53. The average Bonchev–Trinajstić information content (AvgIpc) is 2.71. The maximum absolute atomic E-state index is 6.67. The third-order valence-electron chi connectivity index (χ3n) is 5.27. The number of nitrogens with two attached hydrogens (primary N) is 2. The van der Waals surface area contributed by atoms with Crippen LogP contribution < -0.4 is 20.9 Å². The molecule has 0 saturated heterocycles. The molecular formula is C22H26ClN3O2. The van der Waals surface area contributed by atoms with Gasteiger partial charge in [-0.1, -0.05) is 23.7 Å². The van der Waals surface area contributed by atoms with Crippen molar-refractivity contribution in [2.24, 2.45) is 11.5 Å². The summed E-state index contributed by atoms with van der Waals surface area (Å²) in [6.45, 7) is 2.32. The van der Waals surface area contributed by atoms with Crippen molar-refractivity contribution < 1.29 is 9.47 Å². The summed E-state index contributed by atoms with van der Waals surface area (Å²) in [5.41, 5.74) is 15.1. The number of aromatic nitrogens is 1. The zero-order valence-corrected chi connectivity index (χ0v) is 17.2. The number of ether oxygens (including phenoxy) is 2. The summed E-state index contributed by atoms with van der Waals surface area (Å²) in [6, 6.07) is 13.6. The first-order valence-corrected chi connectivity index (χ1v) is 9.51. The lowest BCUT2D eigenvalue weighted by Gasteiger charge is -2.34. The molecule has 5 nitrogen and oxygen atoms in total. The molecule has 1 aromatic heterocycles. The van der Waals surface area contributed by atoms with Crippen molar-refractivity contribution in [3.8, 4) is 11.5 Å². The molecule has 2 aromatic carbocycles. The predicted octanol–water partition coefficient (Wildman–Crippen LogP) is 3.91. The Kier molecular flexibility index (Phi) is 6.08. The van der Waals surface area contributed by atoms with Gasteiger partial charge in [-0.25, -0.2) is 0 Å². The van der Waals surface area contributed by atoms with Crippen molar-refractivity contribution in [1.29, 1.82) is 0 Å². The molecule has 0 aliphatic heterocycles. The van der Waals surface area contributed by atoms with E-state index >= 15 is 0 Å². The smallest absolute Gasteiger partial charge is 0.125 e. The highest BCUT2D eigenvalue weighted by Gasteiger charge is 2.32. The van der Waals surface area contributed by atoms with Crippen LogP contribution in [0, 0.1) is 0 Å². The molecule has 2 unspecified atom stereocenters. The molecule has 148 valence electrons. The van der Waals surface area contributed by atoms with Gasteiger partial charge in [-0.3, -0.25) is 4.98 Å². The van der Waals surface area contributed by atoms with Crippen molar-refractivity contribution >= 4 is 22.5 Å². The minimum atomic E-state index is -0.626. The quantitative estimate of drug-likeness (QED) is 0.629. The van der Waals surface area contributed by atoms with E-state index in [1.54, 1.807) is 20.4 Å². The van der Waals surface area contributed by atoms with Crippen molar-refractivity contribution in [1.82, 2.24) is 4.98 Å². The maximum Gasteiger partial charge on any atom is 0.125 e. The highest BCUT2D eigenvalue weighted by atomic mass is 35.5. The first kappa shape index (κ1) is 20.4. The Morgan fingerprint density at radius 3 is 2.57 bits per heavy atom. The molecule has 4 N–H and O–H groups in total. The van der Waals surface area contributed by atoms with Gasteiger partial charge in [-0.05, 0) is 48.7 Å². The zero-order valence-electron chi connectivity index (χ0n) is 16.4. The van der Waals surface area contributed by atoms with Crippen molar-refractivity contribution in [2.75, 3.05) is 20.8 Å². The van der Waals surface area contributed by atoms with Crippen LogP contribution in [0.15, 0.2) is 48.7 Å². The van der Waals surface area contributed by atoms with E-state index in [1.807, 2.05) is 49.4 Å². The summed E-state index contributed by atoms with van der Waals surface area (Å²) in [4.78, 5) is 4.46. The van der Waals surface area contributed by atoms with E-state index in [0.717, 1.165) is 33.5 Å². The van der Waals surface area contributed by atoms with Gasteiger partial charge < -0.3 is 20.9 Å². The minimum absolute atomic E-state index is 0.0496. The Bertz CT molecular complexity index is 975. The van der Waals surface area contributed by atoms with Gasteiger partial charge in [-0.15, -0.1) is 0 Å².